The highest BCUT2D eigenvalue weighted by molar-refractivity contribution is 7.89. The average Bonchev–Trinajstić information content (AvgIpc) is 2.96. The third-order valence-electron chi connectivity index (χ3n) is 7.75. The number of anilines is 1. The molecule has 2 aromatic carbocycles. The molecule has 230 valence electrons. The minimum Gasteiger partial charge on any atom is -0.337 e. The van der Waals surface area contributed by atoms with Gasteiger partial charge < -0.3 is 20.4 Å². The van der Waals surface area contributed by atoms with Crippen molar-refractivity contribution in [3.63, 3.8) is 0 Å². The third-order valence-corrected chi connectivity index (χ3v) is 9.26. The molecule has 1 fully saturated rings. The molecule has 10 nitrogen and oxygen atoms in total. The van der Waals surface area contributed by atoms with Gasteiger partial charge in [0, 0.05) is 43.3 Å². The van der Waals surface area contributed by atoms with Crippen molar-refractivity contribution in [1.29, 1.82) is 0 Å². The number of pyridine rings is 1. The van der Waals surface area contributed by atoms with Crippen molar-refractivity contribution in [3.8, 4) is 0 Å². The number of rotatable bonds is 7. The summed E-state index contributed by atoms with van der Waals surface area (Å²) in [5, 5.41) is 6.61. The van der Waals surface area contributed by atoms with Crippen molar-refractivity contribution < 1.29 is 31.2 Å². The number of urea groups is 1. The summed E-state index contributed by atoms with van der Waals surface area (Å²) in [4.78, 5) is 31.5. The summed E-state index contributed by atoms with van der Waals surface area (Å²) in [6.45, 7) is 3.77. The van der Waals surface area contributed by atoms with Crippen molar-refractivity contribution >= 4 is 38.6 Å². The highest BCUT2D eigenvalue weighted by Crippen LogP contribution is 2.27. The molecule has 2 aliphatic rings. The second-order valence-corrected chi connectivity index (χ2v) is 12.6. The van der Waals surface area contributed by atoms with Crippen LogP contribution in [0.5, 0.6) is 0 Å². The van der Waals surface area contributed by atoms with Gasteiger partial charge in [-0.1, -0.05) is 24.3 Å². The first-order chi connectivity index (χ1) is 20.4. The van der Waals surface area contributed by atoms with E-state index < -0.39 is 22.1 Å². The topological polar surface area (TPSA) is 124 Å². The van der Waals surface area contributed by atoms with Gasteiger partial charge in [-0.15, -0.1) is 0 Å². The first-order valence-corrected chi connectivity index (χ1v) is 15.5. The molecule has 43 heavy (non-hydrogen) atoms. The summed E-state index contributed by atoms with van der Waals surface area (Å²) >= 11 is 0. The predicted octanol–water partition coefficient (Wildman–Crippen LogP) is 3.55. The van der Waals surface area contributed by atoms with E-state index in [9.17, 15) is 31.2 Å². The van der Waals surface area contributed by atoms with E-state index in [1.807, 2.05) is 37.3 Å². The van der Waals surface area contributed by atoms with E-state index in [1.54, 1.807) is 6.07 Å². The molecule has 3 heterocycles. The number of para-hydroxylation sites is 1. The molecule has 0 bridgehead atoms. The monoisotopic (exact) mass is 618 g/mol. The van der Waals surface area contributed by atoms with Gasteiger partial charge in [-0.05, 0) is 74.7 Å². The molecule has 0 radical (unpaired) electrons. The highest BCUT2D eigenvalue weighted by Gasteiger charge is 2.43. The molecule has 0 unspecified atom stereocenters. The number of amides is 3. The van der Waals surface area contributed by atoms with Crippen LogP contribution in [0.2, 0.25) is 0 Å². The van der Waals surface area contributed by atoms with E-state index in [4.69, 9.17) is 0 Å². The normalized spacial score (nSPS) is 16.6. The van der Waals surface area contributed by atoms with Crippen molar-refractivity contribution in [2.75, 3.05) is 38.0 Å². The number of aryl methyl sites for hydroxylation is 1. The number of aromatic nitrogens is 1. The Morgan fingerprint density at radius 1 is 1.02 bits per heavy atom. The lowest BCUT2D eigenvalue weighted by Gasteiger charge is -2.32. The van der Waals surface area contributed by atoms with Crippen LogP contribution in [0.15, 0.2) is 53.4 Å². The van der Waals surface area contributed by atoms with Crippen LogP contribution in [-0.4, -0.2) is 80.1 Å². The summed E-state index contributed by atoms with van der Waals surface area (Å²) in [7, 11) is -3.92. The Bertz CT molecular complexity index is 1620. The molecule has 0 spiro atoms. The highest BCUT2D eigenvalue weighted by atomic mass is 32.2. The Morgan fingerprint density at radius 3 is 2.51 bits per heavy atom. The minimum absolute atomic E-state index is 0.0395. The Labute approximate surface area is 247 Å². The number of likely N-dealkylation sites (tertiary alicyclic amines) is 1. The van der Waals surface area contributed by atoms with Crippen LogP contribution in [0.4, 0.5) is 23.7 Å². The number of sulfonamides is 1. The summed E-state index contributed by atoms with van der Waals surface area (Å²) in [5.41, 5.74) is 3.39. The number of alkyl halides is 3. The zero-order valence-corrected chi connectivity index (χ0v) is 24.4. The van der Waals surface area contributed by atoms with Gasteiger partial charge in [-0.2, -0.15) is 13.2 Å². The minimum atomic E-state index is -4.98. The number of carbonyl (C=O) groups excluding carboxylic acids is 2. The Morgan fingerprint density at radius 2 is 1.77 bits per heavy atom. The van der Waals surface area contributed by atoms with Gasteiger partial charge in [0.25, 0.3) is 0 Å². The van der Waals surface area contributed by atoms with Crippen LogP contribution in [0.3, 0.4) is 0 Å². The number of benzene rings is 2. The number of halogens is 3. The zero-order valence-electron chi connectivity index (χ0n) is 23.6. The largest absolute Gasteiger partial charge is 0.471 e. The maximum absolute atomic E-state index is 13.1. The van der Waals surface area contributed by atoms with E-state index in [0.717, 1.165) is 22.2 Å². The van der Waals surface area contributed by atoms with Gasteiger partial charge in [-0.3, -0.25) is 9.78 Å². The van der Waals surface area contributed by atoms with Crippen molar-refractivity contribution in [2.24, 2.45) is 0 Å². The van der Waals surface area contributed by atoms with E-state index in [1.165, 1.54) is 12.1 Å². The number of piperidine rings is 1. The van der Waals surface area contributed by atoms with Crippen LogP contribution >= 0.6 is 0 Å². The predicted molar refractivity (Wildman–Crippen MR) is 155 cm³/mol. The van der Waals surface area contributed by atoms with Gasteiger partial charge in [0.2, 0.25) is 10.0 Å². The molecular formula is C29H33F3N6O4S. The lowest BCUT2D eigenvalue weighted by molar-refractivity contribution is -0.186. The lowest BCUT2D eigenvalue weighted by atomic mass is 10.00. The average molecular weight is 619 g/mol. The first-order valence-electron chi connectivity index (χ1n) is 14.0. The van der Waals surface area contributed by atoms with Gasteiger partial charge in [0.05, 0.1) is 16.1 Å². The van der Waals surface area contributed by atoms with Crippen LogP contribution in [0, 0.1) is 6.92 Å². The molecule has 0 atom stereocenters. The van der Waals surface area contributed by atoms with Crippen LogP contribution in [-0.2, 0) is 27.8 Å². The van der Waals surface area contributed by atoms with Crippen molar-refractivity contribution in [2.45, 2.75) is 49.8 Å². The molecule has 14 heteroatoms. The molecule has 5 rings (SSSR count). The summed E-state index contributed by atoms with van der Waals surface area (Å²) in [5.74, 6) is -1.93. The number of carbonyl (C=O) groups is 2. The Kier molecular flexibility index (Phi) is 8.90. The van der Waals surface area contributed by atoms with Crippen molar-refractivity contribution in [1.82, 2.24) is 24.8 Å². The number of hydrogen-bond donors (Lipinski definition) is 3. The molecule has 3 amide bonds. The van der Waals surface area contributed by atoms with E-state index in [2.05, 4.69) is 25.2 Å². The third kappa shape index (κ3) is 7.43. The molecule has 1 aromatic heterocycles. The lowest BCUT2D eigenvalue weighted by Crippen LogP contribution is -2.46. The maximum atomic E-state index is 13.1. The second kappa shape index (κ2) is 12.5. The summed E-state index contributed by atoms with van der Waals surface area (Å²) < 4.78 is 67.6. The van der Waals surface area contributed by atoms with E-state index in [-0.39, 0.29) is 36.5 Å². The van der Waals surface area contributed by atoms with Gasteiger partial charge in [-0.25, -0.2) is 17.9 Å². The maximum Gasteiger partial charge on any atom is 0.471 e. The summed E-state index contributed by atoms with van der Waals surface area (Å²) in [6, 6.07) is 13.2. The van der Waals surface area contributed by atoms with Crippen LogP contribution in [0.1, 0.15) is 29.7 Å². The molecule has 1 saturated heterocycles. The number of hydrogen-bond acceptors (Lipinski definition) is 6. The standard InChI is InChI=1S/C29H33F3N6O4S/c1-19-16-26(24-4-2-3-5-25(24)34-19)35-28(40)33-11-15-37-12-9-22(10-13-37)36-43(41,42)23-7-6-20-8-14-38(18-21(20)17-23)27(39)29(30,31)32/h2-7,16-17,22,36H,8-15,18H2,1H3,(H2,33,34,35,40). The van der Waals surface area contributed by atoms with Crippen LogP contribution in [0.25, 0.3) is 10.9 Å². The quantitative estimate of drug-likeness (QED) is 0.372. The first kappa shape index (κ1) is 30.7. The second-order valence-electron chi connectivity index (χ2n) is 10.9. The van der Waals surface area contributed by atoms with Gasteiger partial charge in [0.1, 0.15) is 0 Å². The molecule has 3 aromatic rings. The number of nitrogens with one attached hydrogen (secondary N) is 3. The number of fused-ring (bicyclic) bond motifs is 2. The fraction of sp³-hybridized carbons (Fsp3) is 0.414. The van der Waals surface area contributed by atoms with Gasteiger partial charge in [0.15, 0.2) is 0 Å². The molecule has 2 aliphatic heterocycles. The fourth-order valence-electron chi connectivity index (χ4n) is 5.52. The summed E-state index contributed by atoms with van der Waals surface area (Å²) in [6.07, 6.45) is -3.63. The van der Waals surface area contributed by atoms with E-state index in [0.29, 0.717) is 55.2 Å². The molecule has 3 N–H and O–H groups in total. The van der Waals surface area contributed by atoms with Crippen molar-refractivity contribution in [3.05, 3.63) is 65.4 Å². The SMILES string of the molecule is Cc1cc(NC(=O)NCCN2CCC(NS(=O)(=O)c3ccc4c(c3)CN(C(=O)C(F)(F)F)CC4)CC2)c2ccccc2n1. The smallest absolute Gasteiger partial charge is 0.337 e. The number of nitrogens with zero attached hydrogens (tertiary/aromatic N) is 3. The molecule has 0 aliphatic carbocycles. The Balaban J connectivity index is 1.09. The van der Waals surface area contributed by atoms with Crippen LogP contribution < -0.4 is 15.4 Å². The Hall–Kier alpha value is -3.75. The zero-order chi connectivity index (χ0) is 30.8. The molecular weight excluding hydrogens is 585 g/mol. The van der Waals surface area contributed by atoms with Gasteiger partial charge >= 0.3 is 18.1 Å². The fourth-order valence-corrected chi connectivity index (χ4v) is 6.88. The van der Waals surface area contributed by atoms with E-state index >= 15 is 0 Å². The molecule has 0 saturated carbocycles.